The lowest BCUT2D eigenvalue weighted by atomic mass is 9.71. The molecule has 2 amide bonds. The molecule has 64 heavy (non-hydrogen) atoms. The number of carbonyl (C=O) groups is 2. The number of imide groups is 1. The Bertz CT molecular complexity index is 2260. The molecule has 16 heteroatoms. The molecule has 4 aliphatic rings. The van der Waals surface area contributed by atoms with Gasteiger partial charge in [-0.2, -0.15) is 9.99 Å². The third kappa shape index (κ3) is 11.5. The highest BCUT2D eigenvalue weighted by atomic mass is 35.5. The van der Waals surface area contributed by atoms with Crippen molar-refractivity contribution in [2.24, 2.45) is 5.92 Å². The summed E-state index contributed by atoms with van der Waals surface area (Å²) in [4.78, 5) is 41.2. The van der Waals surface area contributed by atoms with E-state index in [2.05, 4.69) is 92.9 Å². The Kier molecular flexibility index (Phi) is 16.3. The van der Waals surface area contributed by atoms with Gasteiger partial charge in [-0.1, -0.05) is 55.1 Å². The summed E-state index contributed by atoms with van der Waals surface area (Å²) in [7, 11) is -3.41. The van der Waals surface area contributed by atoms with E-state index in [1.165, 1.54) is 18.0 Å². The molecular weight excluding hydrogens is 850 g/mol. The van der Waals surface area contributed by atoms with Gasteiger partial charge in [-0.15, -0.1) is 0 Å². The van der Waals surface area contributed by atoms with Crippen LogP contribution in [0.2, 0.25) is 5.02 Å². The standard InChI is InChI=1S/C48H66ClN9O5S/c1-9-11-12-13-39(31-64(61,62)34(5)6)52-45-44(49)28-50-47(54-45)53-38-16-21-48(36(8)26-38,63-33(3)4)37-17-22-55(23-18-37)40-19-24-56(25-20-40)42-29-57(30-42)41-15-14-35(7)43(27-41)46(60)58(32-59)51-10-2/h9-16,26-28,32-34,37,40,42,51H,1-2,17-25,29-31H2,3-8H3,(H2,50,52,53,54)/b12-11-,39-13+. The van der Waals surface area contributed by atoms with Crippen molar-refractivity contribution in [3.8, 4) is 0 Å². The number of nitrogens with one attached hydrogen (secondary N) is 3. The summed E-state index contributed by atoms with van der Waals surface area (Å²) in [6.07, 6.45) is 19.5. The van der Waals surface area contributed by atoms with E-state index >= 15 is 0 Å². The van der Waals surface area contributed by atoms with E-state index in [1.807, 2.05) is 19.1 Å². The number of ether oxygens (including phenoxy) is 1. The predicted octanol–water partition coefficient (Wildman–Crippen LogP) is 7.42. The molecule has 3 saturated heterocycles. The molecular formula is C48H66ClN9O5S. The molecule has 1 aromatic carbocycles. The number of likely N-dealkylation sites (tertiary alicyclic amines) is 2. The van der Waals surface area contributed by atoms with Gasteiger partial charge >= 0.3 is 0 Å². The van der Waals surface area contributed by atoms with Gasteiger partial charge in [-0.25, -0.2) is 13.4 Å². The number of anilines is 3. The second-order valence-corrected chi connectivity index (χ2v) is 20.8. The molecule has 1 aliphatic carbocycles. The van der Waals surface area contributed by atoms with Crippen LogP contribution in [-0.2, 0) is 19.4 Å². The monoisotopic (exact) mass is 915 g/mol. The minimum absolute atomic E-state index is 0.0513. The molecule has 14 nitrogen and oxygen atoms in total. The van der Waals surface area contributed by atoms with E-state index in [9.17, 15) is 18.0 Å². The Morgan fingerprint density at radius 2 is 1.72 bits per heavy atom. The van der Waals surface area contributed by atoms with Gasteiger partial charge < -0.3 is 25.2 Å². The van der Waals surface area contributed by atoms with Crippen LogP contribution in [0.3, 0.4) is 0 Å². The number of benzene rings is 1. The lowest BCUT2D eigenvalue weighted by Crippen LogP contribution is -2.62. The summed E-state index contributed by atoms with van der Waals surface area (Å²) < 4.78 is 32.5. The van der Waals surface area contributed by atoms with Crippen LogP contribution >= 0.6 is 11.6 Å². The SMILES string of the molecule is C=C/C=C\C=C(/CS(=O)(=O)C(C)C)Nc1nc(NC2=CCC(OC(C)C)(C3CCN(C4CCN(C5CN(c6ccc(C)c(C(=O)N(C=O)NC=C)c6)C5)CC4)CC3)C(C)=C2)ncc1Cl. The predicted molar refractivity (Wildman–Crippen MR) is 258 cm³/mol. The summed E-state index contributed by atoms with van der Waals surface area (Å²) >= 11 is 6.52. The minimum atomic E-state index is -3.41. The van der Waals surface area contributed by atoms with E-state index in [-0.39, 0.29) is 16.9 Å². The number of hydrogen-bond donors (Lipinski definition) is 3. The number of hydrogen-bond acceptors (Lipinski definition) is 13. The number of carbonyl (C=O) groups excluding carboxylic acids is 2. The van der Waals surface area contributed by atoms with Crippen LogP contribution in [0.5, 0.6) is 0 Å². The Balaban J connectivity index is 1.02. The molecule has 0 saturated carbocycles. The number of halogens is 1. The van der Waals surface area contributed by atoms with Crippen molar-refractivity contribution in [1.82, 2.24) is 30.2 Å². The van der Waals surface area contributed by atoms with Crippen molar-refractivity contribution in [2.75, 3.05) is 60.6 Å². The molecule has 3 fully saturated rings. The highest BCUT2D eigenvalue weighted by Crippen LogP contribution is 2.44. The normalized spacial score (nSPS) is 21.1. The number of hydrazine groups is 1. The van der Waals surface area contributed by atoms with Crippen molar-refractivity contribution in [3.63, 3.8) is 0 Å². The largest absolute Gasteiger partial charge is 0.368 e. The average molecular weight is 917 g/mol. The van der Waals surface area contributed by atoms with E-state index < -0.39 is 26.6 Å². The first kappa shape index (κ1) is 48.7. The first-order valence-corrected chi connectivity index (χ1v) is 24.5. The van der Waals surface area contributed by atoms with Gasteiger partial charge in [-0.05, 0) is 122 Å². The second kappa shape index (κ2) is 21.5. The zero-order valence-corrected chi connectivity index (χ0v) is 39.8. The summed E-state index contributed by atoms with van der Waals surface area (Å²) in [5.41, 5.74) is 6.92. The number of sulfone groups is 1. The Morgan fingerprint density at radius 3 is 2.34 bits per heavy atom. The van der Waals surface area contributed by atoms with Crippen LogP contribution in [0.4, 0.5) is 17.5 Å². The number of piperidine rings is 2. The lowest BCUT2D eigenvalue weighted by Gasteiger charge is -2.51. The fourth-order valence-electron chi connectivity index (χ4n) is 9.27. The summed E-state index contributed by atoms with van der Waals surface area (Å²) in [5.74, 6) is 0.385. The van der Waals surface area contributed by atoms with Gasteiger partial charge in [0.05, 0.1) is 28.9 Å². The second-order valence-electron chi connectivity index (χ2n) is 17.8. The maximum atomic E-state index is 13.0. The van der Waals surface area contributed by atoms with Gasteiger partial charge in [0, 0.05) is 73.5 Å². The van der Waals surface area contributed by atoms with Crippen molar-refractivity contribution in [1.29, 1.82) is 0 Å². The number of allylic oxidation sites excluding steroid dienone is 5. The Morgan fingerprint density at radius 1 is 1.03 bits per heavy atom. The molecule has 1 atom stereocenters. The number of aryl methyl sites for hydroxylation is 1. The molecule has 1 unspecified atom stereocenters. The van der Waals surface area contributed by atoms with Gasteiger partial charge in [-0.3, -0.25) is 19.9 Å². The molecule has 0 spiro atoms. The smallest absolute Gasteiger partial charge is 0.279 e. The fourth-order valence-corrected chi connectivity index (χ4v) is 10.3. The maximum absolute atomic E-state index is 13.0. The van der Waals surface area contributed by atoms with E-state index in [4.69, 9.17) is 16.3 Å². The molecule has 3 aliphatic heterocycles. The van der Waals surface area contributed by atoms with Crippen molar-refractivity contribution < 1.29 is 22.7 Å². The Labute approximate surface area is 385 Å². The molecule has 0 bridgehead atoms. The van der Waals surface area contributed by atoms with Gasteiger partial charge in [0.2, 0.25) is 12.4 Å². The number of rotatable bonds is 19. The molecule has 1 aromatic heterocycles. The third-order valence-corrected chi connectivity index (χ3v) is 15.4. The fraction of sp³-hybridized carbons (Fsp3) is 0.500. The molecule has 346 valence electrons. The van der Waals surface area contributed by atoms with Crippen LogP contribution in [-0.4, -0.2) is 120 Å². The lowest BCUT2D eigenvalue weighted by molar-refractivity contribution is -0.117. The maximum Gasteiger partial charge on any atom is 0.279 e. The van der Waals surface area contributed by atoms with Crippen molar-refractivity contribution in [3.05, 3.63) is 113 Å². The zero-order chi connectivity index (χ0) is 46.2. The zero-order valence-electron chi connectivity index (χ0n) is 38.2. The topological polar surface area (TPSA) is 152 Å². The van der Waals surface area contributed by atoms with Crippen LogP contribution in [0.1, 0.15) is 82.6 Å². The molecule has 2 aromatic rings. The van der Waals surface area contributed by atoms with E-state index in [1.54, 1.807) is 38.2 Å². The van der Waals surface area contributed by atoms with Crippen molar-refractivity contribution in [2.45, 2.75) is 103 Å². The summed E-state index contributed by atoms with van der Waals surface area (Å²) in [6, 6.07) is 6.92. The van der Waals surface area contributed by atoms with Crippen LogP contribution < -0.4 is 21.0 Å². The number of nitrogens with zero attached hydrogens (tertiary/aromatic N) is 6. The van der Waals surface area contributed by atoms with Gasteiger partial charge in [0.25, 0.3) is 5.91 Å². The quantitative estimate of drug-likeness (QED) is 0.0729. The number of aromatic nitrogens is 2. The van der Waals surface area contributed by atoms with Gasteiger partial charge in [0.15, 0.2) is 15.7 Å². The van der Waals surface area contributed by atoms with Crippen LogP contribution in [0.15, 0.2) is 97.2 Å². The molecule has 3 N–H and O–H groups in total. The summed E-state index contributed by atoms with van der Waals surface area (Å²) in [6.45, 7) is 24.9. The van der Waals surface area contributed by atoms with Crippen LogP contribution in [0, 0.1) is 12.8 Å². The van der Waals surface area contributed by atoms with E-state index in [0.29, 0.717) is 47.4 Å². The minimum Gasteiger partial charge on any atom is -0.368 e. The number of amides is 2. The highest BCUT2D eigenvalue weighted by molar-refractivity contribution is 7.92. The van der Waals surface area contributed by atoms with Gasteiger partial charge in [0.1, 0.15) is 5.02 Å². The molecule has 4 heterocycles. The molecule has 0 radical (unpaired) electrons. The summed E-state index contributed by atoms with van der Waals surface area (Å²) in [5, 5.41) is 7.12. The third-order valence-electron chi connectivity index (χ3n) is 13.0. The average Bonchev–Trinajstić information content (AvgIpc) is 3.25. The molecule has 6 rings (SSSR count). The first-order chi connectivity index (χ1) is 30.6. The van der Waals surface area contributed by atoms with Crippen molar-refractivity contribution >= 4 is 51.2 Å². The van der Waals surface area contributed by atoms with E-state index in [0.717, 1.165) is 93.3 Å². The highest BCUT2D eigenvalue weighted by Gasteiger charge is 2.45. The van der Waals surface area contributed by atoms with Crippen LogP contribution in [0.25, 0.3) is 0 Å². The first-order valence-electron chi connectivity index (χ1n) is 22.4. The Hall–Kier alpha value is -4.80.